The Labute approximate surface area is 124 Å². The molecule has 110 valence electrons. The molecule has 0 saturated heterocycles. The first-order valence-electron chi connectivity index (χ1n) is 6.65. The van der Waals surface area contributed by atoms with Crippen LogP contribution in [0.15, 0.2) is 10.6 Å². The van der Waals surface area contributed by atoms with Crippen LogP contribution in [0.3, 0.4) is 0 Å². The van der Waals surface area contributed by atoms with E-state index in [0.717, 1.165) is 30.7 Å². The van der Waals surface area contributed by atoms with Gasteiger partial charge in [-0.25, -0.2) is 0 Å². The van der Waals surface area contributed by atoms with Crippen molar-refractivity contribution in [3.05, 3.63) is 29.2 Å². The van der Waals surface area contributed by atoms with Crippen molar-refractivity contribution in [3.63, 3.8) is 0 Å². The van der Waals surface area contributed by atoms with Crippen molar-refractivity contribution in [1.29, 1.82) is 0 Å². The SMILES string of the molecule is Cc1cc(C)n(C(C)c2nc(C3(N)CCC3)no2)n1.Cl. The number of halogens is 1. The maximum Gasteiger partial charge on any atom is 0.251 e. The van der Waals surface area contributed by atoms with Gasteiger partial charge in [0.05, 0.1) is 11.2 Å². The molecule has 1 saturated carbocycles. The average molecular weight is 298 g/mol. The molecule has 1 unspecified atom stereocenters. The lowest BCUT2D eigenvalue weighted by Crippen LogP contribution is -2.44. The maximum atomic E-state index is 6.20. The predicted octanol–water partition coefficient (Wildman–Crippen LogP) is 2.25. The predicted molar refractivity (Wildman–Crippen MR) is 76.8 cm³/mol. The number of hydrogen-bond acceptors (Lipinski definition) is 5. The Kier molecular flexibility index (Phi) is 3.88. The van der Waals surface area contributed by atoms with Crippen molar-refractivity contribution in [2.75, 3.05) is 0 Å². The highest BCUT2D eigenvalue weighted by Crippen LogP contribution is 2.37. The van der Waals surface area contributed by atoms with Crippen molar-refractivity contribution in [2.45, 2.75) is 51.6 Å². The second-order valence-corrected chi connectivity index (χ2v) is 5.51. The Morgan fingerprint density at radius 2 is 2.10 bits per heavy atom. The van der Waals surface area contributed by atoms with Crippen molar-refractivity contribution in [2.24, 2.45) is 5.73 Å². The second-order valence-electron chi connectivity index (χ2n) is 5.51. The summed E-state index contributed by atoms with van der Waals surface area (Å²) in [5.74, 6) is 1.19. The minimum Gasteiger partial charge on any atom is -0.337 e. The lowest BCUT2D eigenvalue weighted by Gasteiger charge is -2.34. The van der Waals surface area contributed by atoms with Crippen molar-refractivity contribution in [3.8, 4) is 0 Å². The summed E-state index contributed by atoms with van der Waals surface area (Å²) in [7, 11) is 0. The lowest BCUT2D eigenvalue weighted by atomic mass is 9.77. The minimum absolute atomic E-state index is 0. The molecule has 2 aromatic heterocycles. The molecule has 1 atom stereocenters. The van der Waals surface area contributed by atoms with Gasteiger partial charge < -0.3 is 10.3 Å². The molecule has 20 heavy (non-hydrogen) atoms. The molecule has 1 fully saturated rings. The topological polar surface area (TPSA) is 82.8 Å². The van der Waals surface area contributed by atoms with Gasteiger partial charge in [-0.3, -0.25) is 4.68 Å². The summed E-state index contributed by atoms with van der Waals surface area (Å²) in [6.45, 7) is 5.99. The Hall–Kier alpha value is -1.40. The zero-order valence-electron chi connectivity index (χ0n) is 12.0. The molecule has 3 rings (SSSR count). The highest BCUT2D eigenvalue weighted by atomic mass is 35.5. The summed E-state index contributed by atoms with van der Waals surface area (Å²) in [6, 6.07) is 1.96. The smallest absolute Gasteiger partial charge is 0.251 e. The minimum atomic E-state index is -0.378. The third-order valence-electron chi connectivity index (χ3n) is 3.90. The number of hydrogen-bond donors (Lipinski definition) is 1. The normalized spacial score (nSPS) is 18.2. The summed E-state index contributed by atoms with van der Waals surface area (Å²) in [5.41, 5.74) is 7.89. The van der Waals surface area contributed by atoms with E-state index in [0.29, 0.717) is 11.7 Å². The van der Waals surface area contributed by atoms with Gasteiger partial charge in [-0.1, -0.05) is 5.16 Å². The van der Waals surface area contributed by atoms with Crippen LogP contribution in [-0.2, 0) is 5.54 Å². The van der Waals surface area contributed by atoms with Gasteiger partial charge in [0.15, 0.2) is 5.82 Å². The number of rotatable bonds is 3. The fourth-order valence-electron chi connectivity index (χ4n) is 2.53. The van der Waals surface area contributed by atoms with E-state index in [2.05, 4.69) is 15.2 Å². The number of aromatic nitrogens is 4. The van der Waals surface area contributed by atoms with Crippen LogP contribution >= 0.6 is 12.4 Å². The van der Waals surface area contributed by atoms with Crippen LogP contribution in [0.4, 0.5) is 0 Å². The molecule has 7 heteroatoms. The summed E-state index contributed by atoms with van der Waals surface area (Å²) in [4.78, 5) is 4.47. The molecule has 2 aromatic rings. The first-order valence-corrected chi connectivity index (χ1v) is 6.65. The molecular weight excluding hydrogens is 278 g/mol. The molecule has 6 nitrogen and oxygen atoms in total. The van der Waals surface area contributed by atoms with Gasteiger partial charge in [-0.15, -0.1) is 12.4 Å². The van der Waals surface area contributed by atoms with Gasteiger partial charge in [-0.2, -0.15) is 10.1 Å². The molecule has 2 N–H and O–H groups in total. The van der Waals surface area contributed by atoms with Crippen molar-refractivity contribution < 1.29 is 4.52 Å². The Balaban J connectivity index is 0.00000147. The molecule has 1 aliphatic rings. The molecular formula is C13H20ClN5O. The molecule has 1 aliphatic carbocycles. The van der Waals surface area contributed by atoms with E-state index in [1.807, 2.05) is 31.5 Å². The van der Waals surface area contributed by atoms with E-state index in [1.54, 1.807) is 0 Å². The van der Waals surface area contributed by atoms with Gasteiger partial charge >= 0.3 is 0 Å². The Morgan fingerprint density at radius 1 is 1.40 bits per heavy atom. The first kappa shape index (κ1) is 15.0. The number of aryl methyl sites for hydroxylation is 2. The third-order valence-corrected chi connectivity index (χ3v) is 3.90. The first-order chi connectivity index (χ1) is 8.99. The van der Waals surface area contributed by atoms with Crippen LogP contribution in [0, 0.1) is 13.8 Å². The van der Waals surface area contributed by atoms with Crippen LogP contribution in [0.5, 0.6) is 0 Å². The number of nitrogens with two attached hydrogens (primary N) is 1. The number of nitrogens with zero attached hydrogens (tertiary/aromatic N) is 4. The molecule has 0 aromatic carbocycles. The summed E-state index contributed by atoms with van der Waals surface area (Å²) < 4.78 is 7.26. The molecule has 0 bridgehead atoms. The monoisotopic (exact) mass is 297 g/mol. The molecule has 2 heterocycles. The van der Waals surface area contributed by atoms with Gasteiger partial charge in [0.25, 0.3) is 5.89 Å². The van der Waals surface area contributed by atoms with E-state index in [1.165, 1.54) is 0 Å². The van der Waals surface area contributed by atoms with E-state index in [4.69, 9.17) is 10.3 Å². The Bertz CT molecular complexity index is 602. The standard InChI is InChI=1S/C13H19N5O.ClH/c1-8-7-9(2)18(16-8)10(3)11-15-12(17-19-11)13(14)5-4-6-13;/h7,10H,4-6,14H2,1-3H3;1H. The zero-order chi connectivity index (χ0) is 13.6. The molecule has 0 aliphatic heterocycles. The van der Waals surface area contributed by atoms with Crippen molar-refractivity contribution in [1.82, 2.24) is 19.9 Å². The highest BCUT2D eigenvalue weighted by Gasteiger charge is 2.39. The quantitative estimate of drug-likeness (QED) is 0.939. The van der Waals surface area contributed by atoms with Crippen LogP contribution in [0.1, 0.15) is 55.3 Å². The maximum absolute atomic E-state index is 6.20. The zero-order valence-corrected chi connectivity index (χ0v) is 12.8. The van der Waals surface area contributed by atoms with E-state index >= 15 is 0 Å². The van der Waals surface area contributed by atoms with Crippen LogP contribution < -0.4 is 5.73 Å². The van der Waals surface area contributed by atoms with E-state index in [9.17, 15) is 0 Å². The largest absolute Gasteiger partial charge is 0.337 e. The van der Waals surface area contributed by atoms with E-state index in [-0.39, 0.29) is 24.0 Å². The summed E-state index contributed by atoms with van der Waals surface area (Å²) >= 11 is 0. The third kappa shape index (κ3) is 2.33. The van der Waals surface area contributed by atoms with Crippen molar-refractivity contribution >= 4 is 12.4 Å². The van der Waals surface area contributed by atoms with Crippen LogP contribution in [0.2, 0.25) is 0 Å². The fourth-order valence-corrected chi connectivity index (χ4v) is 2.53. The summed E-state index contributed by atoms with van der Waals surface area (Å²) in [5, 5.41) is 8.49. The van der Waals surface area contributed by atoms with Gasteiger partial charge in [-0.05, 0) is 46.1 Å². The highest BCUT2D eigenvalue weighted by molar-refractivity contribution is 5.85. The average Bonchev–Trinajstić information content (AvgIpc) is 2.92. The van der Waals surface area contributed by atoms with Crippen LogP contribution in [-0.4, -0.2) is 19.9 Å². The molecule has 0 amide bonds. The Morgan fingerprint density at radius 3 is 2.60 bits per heavy atom. The fraction of sp³-hybridized carbons (Fsp3) is 0.615. The molecule has 0 radical (unpaired) electrons. The van der Waals surface area contributed by atoms with Crippen LogP contribution in [0.25, 0.3) is 0 Å². The van der Waals surface area contributed by atoms with Gasteiger partial charge in [0.2, 0.25) is 0 Å². The van der Waals surface area contributed by atoms with E-state index < -0.39 is 0 Å². The molecule has 0 spiro atoms. The second kappa shape index (κ2) is 5.18. The van der Waals surface area contributed by atoms with Gasteiger partial charge in [0.1, 0.15) is 6.04 Å². The lowest BCUT2D eigenvalue weighted by molar-refractivity contribution is 0.228. The summed E-state index contributed by atoms with van der Waals surface area (Å²) in [6.07, 6.45) is 2.99. The van der Waals surface area contributed by atoms with Gasteiger partial charge in [0, 0.05) is 5.69 Å².